The maximum Gasteiger partial charge on any atom is 0.233 e. The predicted octanol–water partition coefficient (Wildman–Crippen LogP) is 1.92. The van der Waals surface area contributed by atoms with E-state index in [1.165, 1.54) is 23.1 Å². The molecule has 1 atom stereocenters. The fraction of sp³-hybridized carbons (Fsp3) is 0.214. The maximum absolute atomic E-state index is 12.2. The zero-order chi connectivity index (χ0) is 16.1. The summed E-state index contributed by atoms with van der Waals surface area (Å²) in [5.41, 5.74) is 2.55. The third-order valence-corrected chi connectivity index (χ3v) is 4.94. The van der Waals surface area contributed by atoms with E-state index in [1.54, 1.807) is 22.6 Å². The first-order chi connectivity index (χ1) is 11.2. The topological polar surface area (TPSA) is 85.6 Å². The molecule has 118 valence electrons. The molecule has 3 aromatic rings. The highest BCUT2D eigenvalue weighted by atomic mass is 32.2. The van der Waals surface area contributed by atoms with Gasteiger partial charge in [0.2, 0.25) is 5.91 Å². The third-order valence-electron chi connectivity index (χ3n) is 3.03. The molecular formula is C14H14N6OS2. The molecule has 0 unspecified atom stereocenters. The summed E-state index contributed by atoms with van der Waals surface area (Å²) in [6.07, 6.45) is 5.22. The quantitative estimate of drug-likeness (QED) is 0.686. The Bertz CT molecular complexity index is 759. The fourth-order valence-electron chi connectivity index (χ4n) is 1.91. The Kier molecular flexibility index (Phi) is 4.99. The van der Waals surface area contributed by atoms with E-state index in [-0.39, 0.29) is 11.2 Å². The van der Waals surface area contributed by atoms with E-state index in [1.807, 2.05) is 31.3 Å². The second-order valence-corrected chi connectivity index (χ2v) is 7.04. The van der Waals surface area contributed by atoms with E-state index in [9.17, 15) is 4.79 Å². The van der Waals surface area contributed by atoms with Gasteiger partial charge in [0.15, 0.2) is 10.2 Å². The van der Waals surface area contributed by atoms with Gasteiger partial charge in [0.05, 0.1) is 5.25 Å². The number of thioether (sulfide) groups is 1. The van der Waals surface area contributed by atoms with E-state index in [0.29, 0.717) is 12.4 Å². The van der Waals surface area contributed by atoms with Gasteiger partial charge < -0.3 is 5.32 Å². The minimum atomic E-state index is -0.243. The molecule has 3 aromatic heterocycles. The maximum atomic E-state index is 12.2. The van der Waals surface area contributed by atoms with Crippen LogP contribution < -0.4 is 5.32 Å². The second kappa shape index (κ2) is 7.34. The molecule has 0 saturated heterocycles. The second-order valence-electron chi connectivity index (χ2n) is 4.62. The van der Waals surface area contributed by atoms with Crippen LogP contribution in [-0.4, -0.2) is 36.1 Å². The van der Waals surface area contributed by atoms with Crippen LogP contribution in [0.15, 0.2) is 46.6 Å². The Morgan fingerprint density at radius 3 is 3.09 bits per heavy atom. The number of rotatable bonds is 6. The molecule has 3 rings (SSSR count). The van der Waals surface area contributed by atoms with Gasteiger partial charge in [-0.25, -0.2) is 9.67 Å². The molecule has 0 aliphatic heterocycles. The van der Waals surface area contributed by atoms with Gasteiger partial charge >= 0.3 is 0 Å². The summed E-state index contributed by atoms with van der Waals surface area (Å²) >= 11 is 2.82. The van der Waals surface area contributed by atoms with Crippen LogP contribution in [0.5, 0.6) is 0 Å². The lowest BCUT2D eigenvalue weighted by Gasteiger charge is -2.12. The van der Waals surface area contributed by atoms with Crippen LogP contribution >= 0.6 is 23.1 Å². The Morgan fingerprint density at radius 2 is 2.35 bits per heavy atom. The van der Waals surface area contributed by atoms with Gasteiger partial charge in [-0.2, -0.15) is 5.10 Å². The molecule has 0 radical (unpaired) electrons. The van der Waals surface area contributed by atoms with Gasteiger partial charge in [-0.05, 0) is 19.1 Å². The van der Waals surface area contributed by atoms with Crippen molar-refractivity contribution >= 4 is 29.0 Å². The fourth-order valence-corrected chi connectivity index (χ4v) is 3.56. The van der Waals surface area contributed by atoms with E-state index < -0.39 is 0 Å². The SMILES string of the molecule is C[C@H](Sc1nncs1)C(=O)NCc1cccnc1-n1cccn1. The van der Waals surface area contributed by atoms with Crippen LogP contribution in [0, 0.1) is 0 Å². The highest BCUT2D eigenvalue weighted by Crippen LogP contribution is 2.24. The summed E-state index contributed by atoms with van der Waals surface area (Å²) < 4.78 is 2.47. The van der Waals surface area contributed by atoms with E-state index in [4.69, 9.17) is 0 Å². The Balaban J connectivity index is 1.63. The lowest BCUT2D eigenvalue weighted by molar-refractivity contribution is -0.120. The first-order valence-corrected chi connectivity index (χ1v) is 8.64. The van der Waals surface area contributed by atoms with Gasteiger partial charge in [-0.1, -0.05) is 29.2 Å². The Hall–Kier alpha value is -2.26. The van der Waals surface area contributed by atoms with Crippen molar-refractivity contribution in [3.8, 4) is 5.82 Å². The molecule has 0 bridgehead atoms. The minimum absolute atomic E-state index is 0.0551. The molecule has 1 N–H and O–H groups in total. The zero-order valence-electron chi connectivity index (χ0n) is 12.3. The van der Waals surface area contributed by atoms with Gasteiger partial charge in [-0.3, -0.25) is 4.79 Å². The average Bonchev–Trinajstić information content (AvgIpc) is 3.26. The van der Waals surface area contributed by atoms with Gasteiger partial charge in [0, 0.05) is 30.7 Å². The molecule has 0 aliphatic rings. The molecule has 0 saturated carbocycles. The van der Waals surface area contributed by atoms with Crippen molar-refractivity contribution in [1.82, 2.24) is 30.3 Å². The summed E-state index contributed by atoms with van der Waals surface area (Å²) in [5, 5.41) is 14.6. The van der Waals surface area contributed by atoms with Crippen LogP contribution in [0.4, 0.5) is 0 Å². The molecule has 0 aromatic carbocycles. The highest BCUT2D eigenvalue weighted by Gasteiger charge is 2.16. The lowest BCUT2D eigenvalue weighted by Crippen LogP contribution is -2.30. The predicted molar refractivity (Wildman–Crippen MR) is 88.4 cm³/mol. The third kappa shape index (κ3) is 3.93. The first-order valence-electron chi connectivity index (χ1n) is 6.88. The van der Waals surface area contributed by atoms with Crippen molar-refractivity contribution < 1.29 is 4.79 Å². The van der Waals surface area contributed by atoms with Crippen LogP contribution in [0.1, 0.15) is 12.5 Å². The van der Waals surface area contributed by atoms with Crippen molar-refractivity contribution in [1.29, 1.82) is 0 Å². The normalized spacial score (nSPS) is 12.0. The summed E-state index contributed by atoms with van der Waals surface area (Å²) in [5.74, 6) is 0.655. The van der Waals surface area contributed by atoms with E-state index in [0.717, 1.165) is 9.90 Å². The molecule has 23 heavy (non-hydrogen) atoms. The van der Waals surface area contributed by atoms with Crippen molar-refractivity contribution in [2.24, 2.45) is 0 Å². The van der Waals surface area contributed by atoms with Crippen LogP contribution in [0.2, 0.25) is 0 Å². The summed E-state index contributed by atoms with van der Waals surface area (Å²) in [7, 11) is 0. The van der Waals surface area contributed by atoms with Crippen molar-refractivity contribution in [3.63, 3.8) is 0 Å². The average molecular weight is 346 g/mol. The summed E-state index contributed by atoms with van der Waals surface area (Å²) in [6, 6.07) is 5.60. The molecule has 0 spiro atoms. The molecule has 1 amide bonds. The number of aromatic nitrogens is 5. The number of hydrogen-bond donors (Lipinski definition) is 1. The number of nitrogens with one attached hydrogen (secondary N) is 1. The number of carbonyl (C=O) groups excluding carboxylic acids is 1. The zero-order valence-corrected chi connectivity index (χ0v) is 13.9. The van der Waals surface area contributed by atoms with E-state index >= 15 is 0 Å². The summed E-state index contributed by atoms with van der Waals surface area (Å²) in [6.45, 7) is 2.24. The van der Waals surface area contributed by atoms with Gasteiger partial charge in [-0.15, -0.1) is 10.2 Å². The summed E-state index contributed by atoms with van der Waals surface area (Å²) in [4.78, 5) is 16.6. The minimum Gasteiger partial charge on any atom is -0.351 e. The molecule has 3 heterocycles. The van der Waals surface area contributed by atoms with Gasteiger partial charge in [0.1, 0.15) is 5.51 Å². The van der Waals surface area contributed by atoms with Crippen LogP contribution in [0.3, 0.4) is 0 Å². The standard InChI is InChI=1S/C14H14N6OS2/c1-10(23-14-19-17-9-22-14)13(21)16-8-11-4-2-5-15-12(11)20-7-3-6-18-20/h2-7,9-10H,8H2,1H3,(H,16,21)/t10-/m0/s1. The van der Waals surface area contributed by atoms with Crippen LogP contribution in [-0.2, 0) is 11.3 Å². The number of pyridine rings is 1. The van der Waals surface area contributed by atoms with Crippen molar-refractivity contribution in [2.75, 3.05) is 0 Å². The monoisotopic (exact) mass is 346 g/mol. The largest absolute Gasteiger partial charge is 0.351 e. The van der Waals surface area contributed by atoms with Crippen LogP contribution in [0.25, 0.3) is 5.82 Å². The van der Waals surface area contributed by atoms with Crippen molar-refractivity contribution in [2.45, 2.75) is 23.1 Å². The molecule has 0 fully saturated rings. The Morgan fingerprint density at radius 1 is 1.43 bits per heavy atom. The molecular weight excluding hydrogens is 332 g/mol. The number of amides is 1. The van der Waals surface area contributed by atoms with E-state index in [2.05, 4.69) is 25.6 Å². The lowest BCUT2D eigenvalue weighted by atomic mass is 10.2. The molecule has 0 aliphatic carbocycles. The smallest absolute Gasteiger partial charge is 0.233 e. The number of hydrogen-bond acceptors (Lipinski definition) is 7. The van der Waals surface area contributed by atoms with Crippen molar-refractivity contribution in [3.05, 3.63) is 47.9 Å². The van der Waals surface area contributed by atoms with Gasteiger partial charge in [0.25, 0.3) is 0 Å². The molecule has 7 nitrogen and oxygen atoms in total. The highest BCUT2D eigenvalue weighted by molar-refractivity contribution is 8.02. The number of nitrogens with zero attached hydrogens (tertiary/aromatic N) is 5. The molecule has 9 heteroatoms. The number of carbonyl (C=O) groups is 1. The Labute approximate surface area is 141 Å². The first kappa shape index (κ1) is 15.6.